The molecule has 0 spiro atoms. The summed E-state index contributed by atoms with van der Waals surface area (Å²) in [5.74, 6) is 0. The SMILES string of the molecule is Cc1ccc(S(=O)c2cccc(C)c2)cc1. The Labute approximate surface area is 98.6 Å². The van der Waals surface area contributed by atoms with Crippen LogP contribution in [0.25, 0.3) is 0 Å². The highest BCUT2D eigenvalue weighted by Gasteiger charge is 2.06. The molecular formula is C14H14OS. The molecule has 0 aliphatic heterocycles. The topological polar surface area (TPSA) is 17.1 Å². The average molecular weight is 230 g/mol. The Kier molecular flexibility index (Phi) is 3.20. The first-order valence-corrected chi connectivity index (χ1v) is 6.37. The number of hydrogen-bond acceptors (Lipinski definition) is 1. The van der Waals surface area contributed by atoms with Gasteiger partial charge in [0.05, 0.1) is 10.8 Å². The lowest BCUT2D eigenvalue weighted by molar-refractivity contribution is 0.683. The fraction of sp³-hybridized carbons (Fsp3) is 0.143. The van der Waals surface area contributed by atoms with Crippen LogP contribution in [0.15, 0.2) is 58.3 Å². The summed E-state index contributed by atoms with van der Waals surface area (Å²) in [6, 6.07) is 15.7. The van der Waals surface area contributed by atoms with Crippen LogP contribution in [-0.4, -0.2) is 4.21 Å². The minimum atomic E-state index is -1.07. The number of hydrogen-bond donors (Lipinski definition) is 0. The van der Waals surface area contributed by atoms with Crippen LogP contribution in [0.4, 0.5) is 0 Å². The van der Waals surface area contributed by atoms with Gasteiger partial charge in [0.2, 0.25) is 0 Å². The summed E-state index contributed by atoms with van der Waals surface area (Å²) in [4.78, 5) is 1.72. The molecule has 0 aromatic heterocycles. The molecule has 2 rings (SSSR count). The van der Waals surface area contributed by atoms with Crippen molar-refractivity contribution in [1.82, 2.24) is 0 Å². The summed E-state index contributed by atoms with van der Waals surface area (Å²) in [5.41, 5.74) is 2.32. The maximum atomic E-state index is 12.2. The van der Waals surface area contributed by atoms with E-state index in [4.69, 9.17) is 0 Å². The third-order valence-electron chi connectivity index (χ3n) is 2.44. The Balaban J connectivity index is 2.35. The van der Waals surface area contributed by atoms with Gasteiger partial charge >= 0.3 is 0 Å². The van der Waals surface area contributed by atoms with Gasteiger partial charge in [-0.3, -0.25) is 0 Å². The Morgan fingerprint density at radius 2 is 1.50 bits per heavy atom. The third-order valence-corrected chi connectivity index (χ3v) is 3.82. The molecule has 0 aliphatic carbocycles. The van der Waals surface area contributed by atoms with Crippen molar-refractivity contribution in [2.24, 2.45) is 0 Å². The van der Waals surface area contributed by atoms with E-state index in [1.54, 1.807) is 0 Å². The Bertz CT molecular complexity index is 515. The minimum Gasteiger partial charge on any atom is -0.249 e. The van der Waals surface area contributed by atoms with Crippen LogP contribution < -0.4 is 0 Å². The smallest absolute Gasteiger partial charge is 0.0849 e. The average Bonchev–Trinajstić information content (AvgIpc) is 2.29. The van der Waals surface area contributed by atoms with Crippen LogP contribution in [0.1, 0.15) is 11.1 Å². The quantitative estimate of drug-likeness (QED) is 0.772. The summed E-state index contributed by atoms with van der Waals surface area (Å²) >= 11 is 0. The molecule has 82 valence electrons. The zero-order chi connectivity index (χ0) is 11.5. The van der Waals surface area contributed by atoms with Gasteiger partial charge in [-0.15, -0.1) is 0 Å². The maximum absolute atomic E-state index is 12.2. The van der Waals surface area contributed by atoms with Gasteiger partial charge in [0, 0.05) is 9.79 Å². The summed E-state index contributed by atoms with van der Waals surface area (Å²) in [6.07, 6.45) is 0. The highest BCUT2D eigenvalue weighted by molar-refractivity contribution is 7.85. The normalized spacial score (nSPS) is 12.4. The molecule has 1 atom stereocenters. The molecule has 2 aromatic rings. The van der Waals surface area contributed by atoms with Gasteiger partial charge in [-0.2, -0.15) is 0 Å². The predicted octanol–water partition coefficient (Wildman–Crippen LogP) is 3.47. The zero-order valence-corrected chi connectivity index (χ0v) is 10.3. The molecule has 0 amide bonds. The lowest BCUT2D eigenvalue weighted by atomic mass is 10.2. The van der Waals surface area contributed by atoms with Crippen LogP contribution in [-0.2, 0) is 10.8 Å². The molecule has 0 saturated heterocycles. The molecular weight excluding hydrogens is 216 g/mol. The van der Waals surface area contributed by atoms with E-state index >= 15 is 0 Å². The van der Waals surface area contributed by atoms with Crippen LogP contribution in [0.5, 0.6) is 0 Å². The molecule has 0 bridgehead atoms. The second kappa shape index (κ2) is 4.62. The van der Waals surface area contributed by atoms with Crippen LogP contribution in [0, 0.1) is 13.8 Å². The predicted molar refractivity (Wildman–Crippen MR) is 67.0 cm³/mol. The minimum absolute atomic E-state index is 0.858. The molecule has 0 heterocycles. The summed E-state index contributed by atoms with van der Waals surface area (Å²) in [5, 5.41) is 0. The van der Waals surface area contributed by atoms with E-state index in [-0.39, 0.29) is 0 Å². The monoisotopic (exact) mass is 230 g/mol. The van der Waals surface area contributed by atoms with Gasteiger partial charge in [-0.25, -0.2) is 4.21 Å². The van der Waals surface area contributed by atoms with Crippen molar-refractivity contribution in [2.45, 2.75) is 23.6 Å². The van der Waals surface area contributed by atoms with Gasteiger partial charge in [0.15, 0.2) is 0 Å². The van der Waals surface area contributed by atoms with Gasteiger partial charge < -0.3 is 0 Å². The molecule has 16 heavy (non-hydrogen) atoms. The fourth-order valence-corrected chi connectivity index (χ4v) is 2.68. The van der Waals surface area contributed by atoms with E-state index in [2.05, 4.69) is 0 Å². The van der Waals surface area contributed by atoms with Gasteiger partial charge in [0.25, 0.3) is 0 Å². The first-order valence-electron chi connectivity index (χ1n) is 5.22. The zero-order valence-electron chi connectivity index (χ0n) is 9.44. The van der Waals surface area contributed by atoms with Crippen LogP contribution in [0.3, 0.4) is 0 Å². The molecule has 0 N–H and O–H groups in total. The Hall–Kier alpha value is -1.41. The molecule has 0 radical (unpaired) electrons. The van der Waals surface area contributed by atoms with Gasteiger partial charge in [0.1, 0.15) is 0 Å². The second-order valence-electron chi connectivity index (χ2n) is 3.90. The first kappa shape index (κ1) is 11.1. The largest absolute Gasteiger partial charge is 0.249 e. The van der Waals surface area contributed by atoms with Gasteiger partial charge in [-0.05, 0) is 43.7 Å². The number of rotatable bonds is 2. The van der Waals surface area contributed by atoms with Crippen molar-refractivity contribution in [1.29, 1.82) is 0 Å². The number of benzene rings is 2. The van der Waals surface area contributed by atoms with E-state index in [0.29, 0.717) is 0 Å². The van der Waals surface area contributed by atoms with Crippen molar-refractivity contribution < 1.29 is 4.21 Å². The summed E-state index contributed by atoms with van der Waals surface area (Å²) in [7, 11) is -1.07. The molecule has 2 aromatic carbocycles. The standard InChI is InChI=1S/C14H14OS/c1-11-6-8-13(9-7-11)16(15)14-5-3-4-12(2)10-14/h3-10H,1-2H3. The second-order valence-corrected chi connectivity index (χ2v) is 5.38. The Morgan fingerprint density at radius 1 is 0.812 bits per heavy atom. The summed E-state index contributed by atoms with van der Waals surface area (Å²) in [6.45, 7) is 4.04. The lowest BCUT2D eigenvalue weighted by Crippen LogP contribution is -1.93. The third kappa shape index (κ3) is 2.39. The lowest BCUT2D eigenvalue weighted by Gasteiger charge is -2.03. The van der Waals surface area contributed by atoms with Gasteiger partial charge in [-0.1, -0.05) is 29.8 Å². The first-order chi connectivity index (χ1) is 7.66. The van der Waals surface area contributed by atoms with Crippen LogP contribution in [0.2, 0.25) is 0 Å². The van der Waals surface area contributed by atoms with E-state index < -0.39 is 10.8 Å². The van der Waals surface area contributed by atoms with Crippen molar-refractivity contribution in [3.63, 3.8) is 0 Å². The molecule has 1 unspecified atom stereocenters. The van der Waals surface area contributed by atoms with Crippen LogP contribution >= 0.6 is 0 Å². The highest BCUT2D eigenvalue weighted by atomic mass is 32.2. The Morgan fingerprint density at radius 3 is 2.12 bits per heavy atom. The van der Waals surface area contributed by atoms with Crippen molar-refractivity contribution in [2.75, 3.05) is 0 Å². The fourth-order valence-electron chi connectivity index (χ4n) is 1.53. The molecule has 0 fully saturated rings. The molecule has 2 heteroatoms. The van der Waals surface area contributed by atoms with Crippen molar-refractivity contribution in [3.8, 4) is 0 Å². The van der Waals surface area contributed by atoms with E-state index in [0.717, 1.165) is 15.4 Å². The number of aryl methyl sites for hydroxylation is 2. The van der Waals surface area contributed by atoms with Crippen molar-refractivity contribution in [3.05, 3.63) is 59.7 Å². The maximum Gasteiger partial charge on any atom is 0.0849 e. The van der Waals surface area contributed by atoms with E-state index in [1.807, 2.05) is 62.4 Å². The summed E-state index contributed by atoms with van der Waals surface area (Å²) < 4.78 is 12.2. The molecule has 0 aliphatic rings. The molecule has 0 saturated carbocycles. The van der Waals surface area contributed by atoms with Crippen molar-refractivity contribution >= 4 is 10.8 Å². The van der Waals surface area contributed by atoms with E-state index in [1.165, 1.54) is 5.56 Å². The van der Waals surface area contributed by atoms with E-state index in [9.17, 15) is 4.21 Å². The highest BCUT2D eigenvalue weighted by Crippen LogP contribution is 2.17. The molecule has 1 nitrogen and oxygen atoms in total.